The van der Waals surface area contributed by atoms with E-state index in [1.54, 1.807) is 12.1 Å². The van der Waals surface area contributed by atoms with Crippen molar-refractivity contribution in [1.29, 1.82) is 0 Å². The number of ether oxygens (including phenoxy) is 1. The van der Waals surface area contributed by atoms with Crippen molar-refractivity contribution in [2.75, 3.05) is 6.61 Å². The molecule has 122 valence electrons. The minimum absolute atomic E-state index is 0.215. The summed E-state index contributed by atoms with van der Waals surface area (Å²) in [5.41, 5.74) is 2.07. The molecule has 2 heterocycles. The predicted molar refractivity (Wildman–Crippen MR) is 106 cm³/mol. The standard InChI is InChI=1S/C17H15Cl2INO2/c1-17(2)9-12(15-5-3-4-6-20-21(15)22)11-7-13(18)14(19)8-16(11)23-10-17/h3-9H,10H2,1-2H3/q-1. The molecule has 0 amide bonds. The van der Waals surface area contributed by atoms with Gasteiger partial charge in [0.25, 0.3) is 0 Å². The first kappa shape index (κ1) is 17.0. The third-order valence-electron chi connectivity index (χ3n) is 3.50. The maximum Gasteiger partial charge on any atom is 0.128 e. The monoisotopic (exact) mass is 462 g/mol. The number of nitrogens with zero attached hydrogens (tertiary/aromatic N) is 1. The number of hydrogen-bond donors (Lipinski definition) is 0. The largest absolute Gasteiger partial charge is 0.750 e. The molecule has 2 aliphatic rings. The maximum atomic E-state index is 12.5. The van der Waals surface area contributed by atoms with Gasteiger partial charge in [-0.2, -0.15) is 0 Å². The Bertz CT molecular complexity index is 766. The van der Waals surface area contributed by atoms with Gasteiger partial charge in [-0.25, -0.2) is 0 Å². The molecule has 0 bridgehead atoms. The molecular formula is C17H15Cl2INO2-. The van der Waals surface area contributed by atoms with Crippen LogP contribution in [-0.2, 0) is 0 Å². The maximum absolute atomic E-state index is 12.5. The van der Waals surface area contributed by atoms with Gasteiger partial charge in [0.1, 0.15) is 5.75 Å². The van der Waals surface area contributed by atoms with Crippen LogP contribution in [0.4, 0.5) is 0 Å². The zero-order valence-corrected chi connectivity index (χ0v) is 16.3. The normalized spacial score (nSPS) is 19.6. The number of halogens is 3. The Labute approximate surface area is 155 Å². The average molecular weight is 463 g/mol. The molecule has 1 aromatic rings. The first-order valence-corrected chi connectivity index (χ1v) is 10.0. The molecule has 23 heavy (non-hydrogen) atoms. The van der Waals surface area contributed by atoms with E-state index < -0.39 is 21.0 Å². The molecule has 0 aliphatic carbocycles. The zero-order valence-electron chi connectivity index (χ0n) is 12.6. The molecule has 0 spiro atoms. The first-order chi connectivity index (χ1) is 10.9. The van der Waals surface area contributed by atoms with Crippen molar-refractivity contribution in [3.63, 3.8) is 0 Å². The summed E-state index contributed by atoms with van der Waals surface area (Å²) < 4.78 is 8.94. The average Bonchev–Trinajstić information content (AvgIpc) is 2.76. The second-order valence-corrected chi connectivity index (χ2v) is 8.97. The van der Waals surface area contributed by atoms with Gasteiger partial charge in [-0.3, -0.25) is 0 Å². The summed E-state index contributed by atoms with van der Waals surface area (Å²) >= 11 is 11.6. The van der Waals surface area contributed by atoms with Crippen molar-refractivity contribution in [2.24, 2.45) is 5.41 Å². The van der Waals surface area contributed by atoms with E-state index in [9.17, 15) is 5.21 Å². The van der Waals surface area contributed by atoms with E-state index in [0.29, 0.717) is 28.1 Å². The molecule has 2 aliphatic heterocycles. The van der Waals surface area contributed by atoms with E-state index >= 15 is 0 Å². The van der Waals surface area contributed by atoms with Crippen LogP contribution in [0.15, 0.2) is 42.1 Å². The molecule has 6 heteroatoms. The van der Waals surface area contributed by atoms with E-state index in [0.717, 1.165) is 14.4 Å². The number of benzene rings is 1. The highest BCUT2D eigenvalue weighted by atomic mass is 127. The predicted octanol–water partition coefficient (Wildman–Crippen LogP) is 5.74. The molecule has 0 radical (unpaired) electrons. The minimum atomic E-state index is -0.731. The Balaban J connectivity index is 2.22. The molecule has 0 N–H and O–H groups in total. The Morgan fingerprint density at radius 3 is 2.74 bits per heavy atom. The lowest BCUT2D eigenvalue weighted by atomic mass is 9.89. The van der Waals surface area contributed by atoms with Crippen LogP contribution in [0.25, 0.3) is 5.57 Å². The van der Waals surface area contributed by atoms with Crippen LogP contribution in [0.1, 0.15) is 19.4 Å². The lowest BCUT2D eigenvalue weighted by Gasteiger charge is -2.30. The second-order valence-electron chi connectivity index (χ2n) is 6.00. The molecule has 0 unspecified atom stereocenters. The van der Waals surface area contributed by atoms with Crippen LogP contribution in [-0.4, -0.2) is 13.9 Å². The van der Waals surface area contributed by atoms with Gasteiger partial charge >= 0.3 is 0 Å². The van der Waals surface area contributed by atoms with Crippen LogP contribution < -0.4 is 4.74 Å². The van der Waals surface area contributed by atoms with E-state index in [-0.39, 0.29) is 5.41 Å². The van der Waals surface area contributed by atoms with Crippen LogP contribution in [0, 0.1) is 10.6 Å². The van der Waals surface area contributed by atoms with Gasteiger partial charge in [-0.15, -0.1) is 0 Å². The molecular weight excluding hydrogens is 448 g/mol. The van der Waals surface area contributed by atoms with Gasteiger partial charge in [0, 0.05) is 28.3 Å². The number of hydroxylamine groups is 1. The molecule has 0 saturated heterocycles. The quantitative estimate of drug-likeness (QED) is 0.394. The first-order valence-electron chi connectivity index (χ1n) is 7.04. The van der Waals surface area contributed by atoms with E-state index in [1.165, 1.54) is 0 Å². The minimum Gasteiger partial charge on any atom is -0.750 e. The highest BCUT2D eigenvalue weighted by molar-refractivity contribution is 14.2. The van der Waals surface area contributed by atoms with Crippen molar-refractivity contribution in [1.82, 2.24) is 3.28 Å². The van der Waals surface area contributed by atoms with E-state index in [2.05, 4.69) is 19.9 Å². The summed E-state index contributed by atoms with van der Waals surface area (Å²) in [4.78, 5) is 0. The summed E-state index contributed by atoms with van der Waals surface area (Å²) in [5.74, 6) is 0.654. The summed E-state index contributed by atoms with van der Waals surface area (Å²) in [6.45, 7) is 4.65. The van der Waals surface area contributed by atoms with Crippen molar-refractivity contribution < 1.29 is 4.74 Å². The van der Waals surface area contributed by atoms with Crippen molar-refractivity contribution >= 4 is 53.8 Å². The van der Waals surface area contributed by atoms with Crippen LogP contribution in [0.3, 0.4) is 0 Å². The van der Waals surface area contributed by atoms with Crippen molar-refractivity contribution in [2.45, 2.75) is 13.8 Å². The lowest BCUT2D eigenvalue weighted by Crippen LogP contribution is -2.18. The molecule has 1 aromatic carbocycles. The highest BCUT2D eigenvalue weighted by Gasteiger charge is 2.26. The molecule has 0 atom stereocenters. The number of fused-ring (bicyclic) bond motifs is 1. The summed E-state index contributed by atoms with van der Waals surface area (Å²) in [7, 11) is 0. The van der Waals surface area contributed by atoms with Gasteiger partial charge in [0.15, 0.2) is 0 Å². The SMILES string of the molecule is CC1(C)C=C(C2=CC=CC=IN2[O-])c2cc(Cl)c(Cl)cc2OC1. The van der Waals surface area contributed by atoms with Gasteiger partial charge in [-0.05, 0) is 37.2 Å². The molecule has 0 saturated carbocycles. The third-order valence-corrected chi connectivity index (χ3v) is 5.98. The highest BCUT2D eigenvalue weighted by Crippen LogP contribution is 2.43. The van der Waals surface area contributed by atoms with Crippen LogP contribution in [0.5, 0.6) is 5.75 Å². The Kier molecular flexibility index (Phi) is 4.88. The number of hydrogen-bond acceptors (Lipinski definition) is 3. The Morgan fingerprint density at radius 1 is 1.22 bits per heavy atom. The van der Waals surface area contributed by atoms with Gasteiger partial charge in [-0.1, -0.05) is 55.3 Å². The van der Waals surface area contributed by atoms with Crippen LogP contribution in [0.2, 0.25) is 10.0 Å². The van der Waals surface area contributed by atoms with Crippen LogP contribution >= 0.6 is 44.2 Å². The fraction of sp³-hybridized carbons (Fsp3) is 0.235. The van der Waals surface area contributed by atoms with E-state index in [1.807, 2.05) is 22.2 Å². The van der Waals surface area contributed by atoms with Gasteiger partial charge < -0.3 is 13.2 Å². The number of rotatable bonds is 1. The van der Waals surface area contributed by atoms with Gasteiger partial charge in [0.05, 0.1) is 16.7 Å². The molecule has 0 aromatic heterocycles. The Morgan fingerprint density at radius 2 is 1.96 bits per heavy atom. The second kappa shape index (κ2) is 6.59. The van der Waals surface area contributed by atoms with Crippen molar-refractivity contribution in [3.8, 4) is 5.75 Å². The van der Waals surface area contributed by atoms with E-state index in [4.69, 9.17) is 27.9 Å². The third kappa shape index (κ3) is 3.65. The molecule has 3 nitrogen and oxygen atoms in total. The van der Waals surface area contributed by atoms with Crippen molar-refractivity contribution in [3.05, 3.63) is 62.9 Å². The fourth-order valence-electron chi connectivity index (χ4n) is 2.41. The topological polar surface area (TPSA) is 35.5 Å². The fourth-order valence-corrected chi connectivity index (χ4v) is 4.17. The smallest absolute Gasteiger partial charge is 0.128 e. The lowest BCUT2D eigenvalue weighted by molar-refractivity contribution is 0.225. The molecule has 3 rings (SSSR count). The zero-order chi connectivity index (χ0) is 16.6. The summed E-state index contributed by atoms with van der Waals surface area (Å²) in [5, 5.41) is 13.4. The molecule has 0 fully saturated rings. The summed E-state index contributed by atoms with van der Waals surface area (Å²) in [6, 6.07) is 3.50. The Hall–Kier alpha value is -0.820. The summed E-state index contributed by atoms with van der Waals surface area (Å²) in [6.07, 6.45) is 7.74. The van der Waals surface area contributed by atoms with Gasteiger partial charge in [0.2, 0.25) is 0 Å². The number of allylic oxidation sites excluding steroid dienone is 4.